The molecule has 1 aliphatic rings. The molecule has 16 heavy (non-hydrogen) atoms. The van der Waals surface area contributed by atoms with Crippen molar-refractivity contribution in [3.05, 3.63) is 46.0 Å². The van der Waals surface area contributed by atoms with E-state index in [0.29, 0.717) is 11.1 Å². The maximum Gasteiger partial charge on any atom is 0.345 e. The van der Waals surface area contributed by atoms with Crippen LogP contribution in [0.2, 0.25) is 0 Å². The summed E-state index contributed by atoms with van der Waals surface area (Å²) in [5.41, 5.74) is 2.19. The van der Waals surface area contributed by atoms with Gasteiger partial charge in [-0.1, -0.05) is 30.3 Å². The zero-order valence-corrected chi connectivity index (χ0v) is 10.5. The van der Waals surface area contributed by atoms with Gasteiger partial charge in [-0.2, -0.15) is 0 Å². The molecule has 0 aromatic heterocycles. The summed E-state index contributed by atoms with van der Waals surface area (Å²) in [6.07, 6.45) is 3.21. The van der Waals surface area contributed by atoms with Crippen molar-refractivity contribution < 1.29 is 9.53 Å². The molecule has 0 N–H and O–H groups in total. The third kappa shape index (κ3) is 2.73. The number of hydrogen-bond donors (Lipinski definition) is 0. The van der Waals surface area contributed by atoms with Crippen LogP contribution in [0, 0.1) is 0 Å². The maximum atomic E-state index is 11.6. The second-order valence-corrected chi connectivity index (χ2v) is 4.63. The highest BCUT2D eigenvalue weighted by atomic mass is 79.9. The molecule has 1 aromatic carbocycles. The van der Waals surface area contributed by atoms with E-state index in [1.54, 1.807) is 0 Å². The third-order valence-electron chi connectivity index (χ3n) is 2.66. The Morgan fingerprint density at radius 2 is 1.94 bits per heavy atom. The molecule has 84 valence electrons. The lowest BCUT2D eigenvalue weighted by Gasteiger charge is -2.18. The van der Waals surface area contributed by atoms with E-state index in [2.05, 4.69) is 15.9 Å². The number of benzene rings is 1. The van der Waals surface area contributed by atoms with Gasteiger partial charge in [-0.15, -0.1) is 0 Å². The van der Waals surface area contributed by atoms with Crippen LogP contribution in [0.15, 0.2) is 40.4 Å². The Balaban J connectivity index is 1.89. The van der Waals surface area contributed by atoms with Crippen molar-refractivity contribution in [2.75, 3.05) is 0 Å². The molecule has 1 fully saturated rings. The first-order valence-corrected chi connectivity index (χ1v) is 6.15. The van der Waals surface area contributed by atoms with E-state index in [9.17, 15) is 4.79 Å². The van der Waals surface area contributed by atoms with Crippen LogP contribution in [-0.2, 0) is 16.1 Å². The van der Waals surface area contributed by atoms with Crippen molar-refractivity contribution in [3.8, 4) is 0 Å². The van der Waals surface area contributed by atoms with Gasteiger partial charge >= 0.3 is 5.97 Å². The Morgan fingerprint density at radius 1 is 1.25 bits per heavy atom. The van der Waals surface area contributed by atoms with Crippen LogP contribution >= 0.6 is 15.9 Å². The summed E-state index contributed by atoms with van der Waals surface area (Å²) in [5.74, 6) is -0.251. The van der Waals surface area contributed by atoms with Gasteiger partial charge < -0.3 is 4.74 Å². The minimum atomic E-state index is -0.251. The fraction of sp³-hybridized carbons (Fsp3) is 0.308. The molecule has 3 heteroatoms. The molecule has 0 saturated heterocycles. The standard InChI is InChI=1S/C13H13BrO2/c14-12(11-7-4-8-11)13(15)16-9-10-5-2-1-3-6-10/h1-3,5-6H,4,7-9H2. The number of carbonyl (C=O) groups excluding carboxylic acids is 1. The first-order valence-electron chi connectivity index (χ1n) is 5.36. The lowest BCUT2D eigenvalue weighted by molar-refractivity contribution is -0.139. The van der Waals surface area contributed by atoms with Crippen LogP contribution in [-0.4, -0.2) is 5.97 Å². The molecule has 1 saturated carbocycles. The van der Waals surface area contributed by atoms with Crippen molar-refractivity contribution in [1.29, 1.82) is 0 Å². The van der Waals surface area contributed by atoms with Crippen molar-refractivity contribution in [3.63, 3.8) is 0 Å². The first-order chi connectivity index (χ1) is 7.77. The molecule has 2 rings (SSSR count). The normalized spacial score (nSPS) is 14.2. The predicted molar refractivity (Wildman–Crippen MR) is 66.0 cm³/mol. The van der Waals surface area contributed by atoms with E-state index < -0.39 is 0 Å². The van der Waals surface area contributed by atoms with Crippen LogP contribution in [0.25, 0.3) is 0 Å². The highest BCUT2D eigenvalue weighted by Gasteiger charge is 2.18. The number of ether oxygens (including phenoxy) is 1. The molecule has 0 spiro atoms. The zero-order chi connectivity index (χ0) is 11.4. The van der Waals surface area contributed by atoms with E-state index in [1.807, 2.05) is 30.3 Å². The molecule has 2 nitrogen and oxygen atoms in total. The Kier molecular flexibility index (Phi) is 3.78. The summed E-state index contributed by atoms with van der Waals surface area (Å²) < 4.78 is 5.82. The van der Waals surface area contributed by atoms with Gasteiger partial charge in [-0.3, -0.25) is 0 Å². The SMILES string of the molecule is O=C(OCc1ccccc1)C(Br)=C1CCC1. The molecule has 0 amide bonds. The molecule has 0 radical (unpaired) electrons. The predicted octanol–water partition coefficient (Wildman–Crippen LogP) is 3.56. The molecule has 1 aromatic rings. The fourth-order valence-electron chi connectivity index (χ4n) is 1.50. The van der Waals surface area contributed by atoms with Crippen molar-refractivity contribution in [2.24, 2.45) is 0 Å². The number of hydrogen-bond acceptors (Lipinski definition) is 2. The van der Waals surface area contributed by atoms with Gasteiger partial charge in [0.1, 0.15) is 11.1 Å². The summed E-state index contributed by atoms with van der Waals surface area (Å²) in [6, 6.07) is 9.69. The average molecular weight is 281 g/mol. The van der Waals surface area contributed by atoms with E-state index in [4.69, 9.17) is 4.74 Å². The summed E-state index contributed by atoms with van der Waals surface area (Å²) in [6.45, 7) is 0.335. The summed E-state index contributed by atoms with van der Waals surface area (Å²) in [7, 11) is 0. The minimum Gasteiger partial charge on any atom is -0.457 e. The second kappa shape index (κ2) is 5.30. The van der Waals surface area contributed by atoms with Crippen LogP contribution in [0.1, 0.15) is 24.8 Å². The molecule has 0 aliphatic heterocycles. The van der Waals surface area contributed by atoms with E-state index >= 15 is 0 Å². The smallest absolute Gasteiger partial charge is 0.345 e. The molecular formula is C13H13BrO2. The van der Waals surface area contributed by atoms with Crippen LogP contribution in [0.4, 0.5) is 0 Å². The third-order valence-corrected chi connectivity index (χ3v) is 3.54. The van der Waals surface area contributed by atoms with Crippen molar-refractivity contribution in [1.82, 2.24) is 0 Å². The maximum absolute atomic E-state index is 11.6. The van der Waals surface area contributed by atoms with Crippen molar-refractivity contribution >= 4 is 21.9 Å². The quantitative estimate of drug-likeness (QED) is 0.625. The zero-order valence-electron chi connectivity index (χ0n) is 8.91. The number of carbonyl (C=O) groups is 1. The number of esters is 1. The van der Waals surface area contributed by atoms with E-state index in [-0.39, 0.29) is 5.97 Å². The molecule has 0 unspecified atom stereocenters. The van der Waals surface area contributed by atoms with Crippen LogP contribution in [0.5, 0.6) is 0 Å². The fourth-order valence-corrected chi connectivity index (χ4v) is 2.01. The van der Waals surface area contributed by atoms with Crippen molar-refractivity contribution in [2.45, 2.75) is 25.9 Å². The lowest BCUT2D eigenvalue weighted by atomic mass is 9.92. The van der Waals surface area contributed by atoms with Crippen LogP contribution < -0.4 is 0 Å². The number of allylic oxidation sites excluding steroid dienone is 1. The Bertz CT molecular complexity index is 403. The number of rotatable bonds is 3. The molecule has 1 aliphatic carbocycles. The molecule has 0 atom stereocenters. The topological polar surface area (TPSA) is 26.3 Å². The van der Waals surface area contributed by atoms with Gasteiger partial charge in [-0.25, -0.2) is 4.79 Å². The largest absolute Gasteiger partial charge is 0.457 e. The number of halogens is 1. The van der Waals surface area contributed by atoms with Gasteiger partial charge in [-0.05, 0) is 46.3 Å². The van der Waals surface area contributed by atoms with E-state index in [1.165, 1.54) is 12.0 Å². The highest BCUT2D eigenvalue weighted by molar-refractivity contribution is 9.12. The summed E-state index contributed by atoms with van der Waals surface area (Å²) in [4.78, 5) is 11.6. The first kappa shape index (κ1) is 11.4. The Hall–Kier alpha value is -1.09. The van der Waals surface area contributed by atoms with E-state index in [0.717, 1.165) is 18.4 Å². The van der Waals surface area contributed by atoms with Crippen LogP contribution in [0.3, 0.4) is 0 Å². The second-order valence-electron chi connectivity index (χ2n) is 3.83. The van der Waals surface area contributed by atoms with Gasteiger partial charge in [0, 0.05) is 0 Å². The Morgan fingerprint density at radius 3 is 2.50 bits per heavy atom. The molecule has 0 heterocycles. The monoisotopic (exact) mass is 280 g/mol. The summed E-state index contributed by atoms with van der Waals surface area (Å²) in [5, 5.41) is 0. The van der Waals surface area contributed by atoms with Gasteiger partial charge in [0.15, 0.2) is 0 Å². The minimum absolute atomic E-state index is 0.251. The Labute approximate surface area is 103 Å². The summed E-state index contributed by atoms with van der Waals surface area (Å²) >= 11 is 3.30. The molecule has 0 bridgehead atoms. The average Bonchev–Trinajstić information content (AvgIpc) is 2.25. The molecular weight excluding hydrogens is 268 g/mol. The van der Waals surface area contributed by atoms with Gasteiger partial charge in [0.2, 0.25) is 0 Å². The van der Waals surface area contributed by atoms with Gasteiger partial charge in [0.05, 0.1) is 0 Å². The van der Waals surface area contributed by atoms with Gasteiger partial charge in [0.25, 0.3) is 0 Å². The lowest BCUT2D eigenvalue weighted by Crippen LogP contribution is -2.09. The highest BCUT2D eigenvalue weighted by Crippen LogP contribution is 2.31.